The van der Waals surface area contributed by atoms with E-state index in [1.165, 1.54) is 6.20 Å². The zero-order chi connectivity index (χ0) is 16.6. The van der Waals surface area contributed by atoms with Gasteiger partial charge in [-0.3, -0.25) is 19.1 Å². The number of carbonyl (C=O) groups is 1. The molecular formula is C16H18N5O2+. The minimum absolute atomic E-state index is 0.231. The lowest BCUT2D eigenvalue weighted by molar-refractivity contribution is -0.821. The highest BCUT2D eigenvalue weighted by molar-refractivity contribution is 5.75. The van der Waals surface area contributed by atoms with Gasteiger partial charge in [0.2, 0.25) is 6.41 Å². The van der Waals surface area contributed by atoms with Crippen molar-refractivity contribution in [3.05, 3.63) is 58.3 Å². The highest BCUT2D eigenvalue weighted by atomic mass is 16.1. The van der Waals surface area contributed by atoms with Gasteiger partial charge in [-0.15, -0.1) is 0 Å². The second-order valence-electron chi connectivity index (χ2n) is 5.78. The van der Waals surface area contributed by atoms with E-state index in [2.05, 4.69) is 21.9 Å². The van der Waals surface area contributed by atoms with Crippen LogP contribution in [-0.2, 0) is 4.79 Å². The van der Waals surface area contributed by atoms with Crippen LogP contribution in [0.1, 0.15) is 12.1 Å². The summed E-state index contributed by atoms with van der Waals surface area (Å²) in [7, 11) is 2.02. The summed E-state index contributed by atoms with van der Waals surface area (Å²) in [6.45, 7) is 6.68. The van der Waals surface area contributed by atoms with Crippen LogP contribution in [0.3, 0.4) is 0 Å². The molecule has 0 radical (unpaired) electrons. The average Bonchev–Trinajstić information content (AvgIpc) is 2.91. The van der Waals surface area contributed by atoms with Gasteiger partial charge in [0.05, 0.1) is 25.9 Å². The largest absolute Gasteiger partial charge is 0.335 e. The molecule has 0 saturated heterocycles. The topological polar surface area (TPSA) is 76.3 Å². The van der Waals surface area contributed by atoms with Crippen molar-refractivity contribution in [3.8, 4) is 0 Å². The fraction of sp³-hybridized carbons (Fsp3) is 0.250. The Labute approximate surface area is 133 Å². The van der Waals surface area contributed by atoms with Gasteiger partial charge in [-0.05, 0) is 13.5 Å². The average molecular weight is 312 g/mol. The molecule has 0 aliphatic carbocycles. The first-order valence-electron chi connectivity index (χ1n) is 7.23. The monoisotopic (exact) mass is 312 g/mol. The van der Waals surface area contributed by atoms with Crippen molar-refractivity contribution >= 4 is 18.3 Å². The number of quaternary nitrogens is 1. The standard InChI is InChI=1S/C16H17N5O2/c1-11-7-17-9-14(23)20(11)15-13(8-18-10-22)6-12(2)21(3)5-4-19-16(15)21/h4,7-10H,2,5-6H2,1,3H3/p+1. The van der Waals surface area contributed by atoms with E-state index in [9.17, 15) is 9.59 Å². The Morgan fingerprint density at radius 1 is 1.43 bits per heavy atom. The number of nitrogens with zero attached hydrogens (tertiary/aromatic N) is 4. The maximum Gasteiger partial charge on any atom is 0.274 e. The second-order valence-corrected chi connectivity index (χ2v) is 5.78. The normalized spacial score (nSPS) is 25.0. The van der Waals surface area contributed by atoms with Gasteiger partial charge in [0.1, 0.15) is 17.9 Å². The molecule has 0 aromatic carbocycles. The summed E-state index contributed by atoms with van der Waals surface area (Å²) in [5, 5.41) is 2.56. The Bertz CT molecular complexity index is 846. The van der Waals surface area contributed by atoms with Crippen molar-refractivity contribution in [2.75, 3.05) is 13.6 Å². The molecule has 2 aliphatic rings. The number of aromatic nitrogens is 2. The molecule has 118 valence electrons. The summed E-state index contributed by atoms with van der Waals surface area (Å²) in [6, 6.07) is 0. The van der Waals surface area contributed by atoms with Crippen LogP contribution in [0.5, 0.6) is 0 Å². The molecule has 3 rings (SSSR count). The van der Waals surface area contributed by atoms with Crippen LogP contribution < -0.4 is 10.9 Å². The van der Waals surface area contributed by atoms with Crippen molar-refractivity contribution in [1.29, 1.82) is 0 Å². The highest BCUT2D eigenvalue weighted by Gasteiger charge is 2.43. The molecule has 1 unspecified atom stereocenters. The lowest BCUT2D eigenvalue weighted by atomic mass is 10.0. The fourth-order valence-electron chi connectivity index (χ4n) is 2.98. The molecule has 7 heteroatoms. The minimum Gasteiger partial charge on any atom is -0.335 e. The summed E-state index contributed by atoms with van der Waals surface area (Å²) < 4.78 is 2.05. The molecule has 0 fully saturated rings. The molecule has 2 aliphatic heterocycles. The molecular weight excluding hydrogens is 294 g/mol. The van der Waals surface area contributed by atoms with Gasteiger partial charge in [-0.1, -0.05) is 0 Å². The van der Waals surface area contributed by atoms with Crippen molar-refractivity contribution in [3.63, 3.8) is 0 Å². The third kappa shape index (κ3) is 2.25. The lowest BCUT2D eigenvalue weighted by Crippen LogP contribution is -2.43. The van der Waals surface area contributed by atoms with Gasteiger partial charge in [0, 0.05) is 23.7 Å². The summed E-state index contributed by atoms with van der Waals surface area (Å²) in [5.74, 6) is 0.747. The van der Waals surface area contributed by atoms with Crippen molar-refractivity contribution in [2.24, 2.45) is 4.99 Å². The van der Waals surface area contributed by atoms with E-state index in [4.69, 9.17) is 0 Å². The number of allylic oxidation sites excluding steroid dienone is 2. The SMILES string of the molecule is C=C1CC(=CNC=O)C(n2c(C)cncc2=O)=C2N=CC[N+]12C. The molecule has 0 spiro atoms. The van der Waals surface area contributed by atoms with Gasteiger partial charge < -0.3 is 5.32 Å². The van der Waals surface area contributed by atoms with Gasteiger partial charge in [0.15, 0.2) is 0 Å². The minimum atomic E-state index is -0.231. The number of nitrogens with one attached hydrogen (secondary N) is 1. The predicted molar refractivity (Wildman–Crippen MR) is 87.0 cm³/mol. The molecule has 1 amide bonds. The number of hydrogen-bond donors (Lipinski definition) is 1. The van der Waals surface area contributed by atoms with E-state index in [1.54, 1.807) is 17.0 Å². The number of rotatable bonds is 3. The molecule has 1 atom stereocenters. The Morgan fingerprint density at radius 2 is 2.22 bits per heavy atom. The Balaban J connectivity index is 2.35. The summed E-state index contributed by atoms with van der Waals surface area (Å²) >= 11 is 0. The Morgan fingerprint density at radius 3 is 2.91 bits per heavy atom. The van der Waals surface area contributed by atoms with Crippen LogP contribution in [0.15, 0.2) is 52.1 Å². The van der Waals surface area contributed by atoms with Crippen molar-refractivity contribution < 1.29 is 9.28 Å². The zero-order valence-corrected chi connectivity index (χ0v) is 13.1. The molecule has 23 heavy (non-hydrogen) atoms. The third-order valence-electron chi connectivity index (χ3n) is 4.30. The van der Waals surface area contributed by atoms with Crippen molar-refractivity contribution in [2.45, 2.75) is 13.3 Å². The molecule has 1 aromatic heterocycles. The first-order chi connectivity index (χ1) is 11.0. The molecule has 1 N–H and O–H groups in total. The quantitative estimate of drug-likeness (QED) is 0.661. The van der Waals surface area contributed by atoms with E-state index < -0.39 is 0 Å². The van der Waals surface area contributed by atoms with E-state index in [0.717, 1.165) is 17.1 Å². The number of carbonyl (C=O) groups excluding carboxylic acids is 1. The lowest BCUT2D eigenvalue weighted by Gasteiger charge is -2.36. The second kappa shape index (κ2) is 5.44. The van der Waals surface area contributed by atoms with Crippen LogP contribution in [-0.4, -0.2) is 40.3 Å². The summed E-state index contributed by atoms with van der Waals surface area (Å²) in [5.41, 5.74) is 2.92. The first-order valence-corrected chi connectivity index (χ1v) is 7.23. The first kappa shape index (κ1) is 15.1. The van der Waals surface area contributed by atoms with Crippen molar-refractivity contribution in [1.82, 2.24) is 14.9 Å². The van der Waals surface area contributed by atoms with Crippen LogP contribution in [0.25, 0.3) is 5.70 Å². The number of hydrogen-bond acceptors (Lipinski definition) is 4. The van der Waals surface area contributed by atoms with E-state index in [1.807, 2.05) is 20.2 Å². The van der Waals surface area contributed by atoms with Crippen LogP contribution in [0, 0.1) is 6.92 Å². The fourth-order valence-corrected chi connectivity index (χ4v) is 2.98. The molecule has 7 nitrogen and oxygen atoms in total. The Hall–Kier alpha value is -2.80. The van der Waals surface area contributed by atoms with E-state index in [-0.39, 0.29) is 5.56 Å². The van der Waals surface area contributed by atoms with Gasteiger partial charge in [-0.2, -0.15) is 0 Å². The van der Waals surface area contributed by atoms with Gasteiger partial charge in [-0.25, -0.2) is 9.48 Å². The maximum atomic E-state index is 12.4. The number of aryl methyl sites for hydroxylation is 1. The summed E-state index contributed by atoms with van der Waals surface area (Å²) in [6.07, 6.45) is 7.49. The molecule has 0 saturated carbocycles. The molecule has 1 aromatic rings. The highest BCUT2D eigenvalue weighted by Crippen LogP contribution is 2.42. The van der Waals surface area contributed by atoms with E-state index in [0.29, 0.717) is 35.2 Å². The molecule has 0 bridgehead atoms. The smallest absolute Gasteiger partial charge is 0.274 e. The zero-order valence-electron chi connectivity index (χ0n) is 13.1. The maximum absolute atomic E-state index is 12.4. The van der Waals surface area contributed by atoms with Crippen LogP contribution >= 0.6 is 0 Å². The molecule has 3 heterocycles. The van der Waals surface area contributed by atoms with Crippen LogP contribution in [0.4, 0.5) is 0 Å². The van der Waals surface area contributed by atoms with Crippen LogP contribution in [0.2, 0.25) is 0 Å². The van der Waals surface area contributed by atoms with Gasteiger partial charge in [0.25, 0.3) is 11.4 Å². The number of amides is 1. The van der Waals surface area contributed by atoms with Gasteiger partial charge >= 0.3 is 0 Å². The summed E-state index contributed by atoms with van der Waals surface area (Å²) in [4.78, 5) is 31.5. The van der Waals surface area contributed by atoms with E-state index >= 15 is 0 Å². The number of fused-ring (bicyclic) bond motifs is 1. The third-order valence-corrected chi connectivity index (χ3v) is 4.30. The predicted octanol–water partition coefficient (Wildman–Crippen LogP) is 0.756. The Kier molecular flexibility index (Phi) is 3.57. The number of aliphatic imine (C=N–C) groups is 1.